The van der Waals surface area contributed by atoms with Crippen LogP contribution in [0.3, 0.4) is 0 Å². The van der Waals surface area contributed by atoms with Crippen molar-refractivity contribution >= 4 is 38.3 Å². The van der Waals surface area contributed by atoms with Gasteiger partial charge in [0.15, 0.2) is 0 Å². The Labute approximate surface area is 87.7 Å². The molecule has 0 atom stereocenters. The summed E-state index contributed by atoms with van der Waals surface area (Å²) >= 11 is 9.09. The van der Waals surface area contributed by atoms with Crippen molar-refractivity contribution in [3.63, 3.8) is 0 Å². The summed E-state index contributed by atoms with van der Waals surface area (Å²) in [4.78, 5) is 3.92. The minimum Gasteiger partial charge on any atom is -0.263 e. The molecule has 0 aliphatic heterocycles. The third-order valence-electron chi connectivity index (χ3n) is 1.77. The maximum absolute atomic E-state index is 13.3. The van der Waals surface area contributed by atoms with E-state index in [0.29, 0.717) is 20.3 Å². The summed E-state index contributed by atoms with van der Waals surface area (Å²) < 4.78 is 13.9. The highest BCUT2D eigenvalue weighted by molar-refractivity contribution is 9.10. The third-order valence-corrected chi connectivity index (χ3v) is 2.70. The molecule has 0 aliphatic rings. The average Bonchev–Trinajstić information content (AvgIpc) is 2.12. The molecular formula is C9H4BrClFN. The van der Waals surface area contributed by atoms with Crippen LogP contribution in [0.1, 0.15) is 0 Å². The van der Waals surface area contributed by atoms with E-state index in [0.717, 1.165) is 0 Å². The van der Waals surface area contributed by atoms with Gasteiger partial charge < -0.3 is 0 Å². The van der Waals surface area contributed by atoms with E-state index in [1.54, 1.807) is 12.4 Å². The summed E-state index contributed by atoms with van der Waals surface area (Å²) in [7, 11) is 0. The van der Waals surface area contributed by atoms with Crippen molar-refractivity contribution in [2.24, 2.45) is 0 Å². The van der Waals surface area contributed by atoms with Gasteiger partial charge in [-0.05, 0) is 28.1 Å². The van der Waals surface area contributed by atoms with Crippen molar-refractivity contribution < 1.29 is 4.39 Å². The Morgan fingerprint density at radius 2 is 2.08 bits per heavy atom. The molecular weight excluding hydrogens is 256 g/mol. The maximum Gasteiger partial charge on any atom is 0.132 e. The molecule has 4 heteroatoms. The molecule has 2 rings (SSSR count). The molecule has 0 spiro atoms. The number of nitrogens with zero attached hydrogens (tertiary/aromatic N) is 1. The van der Waals surface area contributed by atoms with Gasteiger partial charge in [-0.25, -0.2) is 4.39 Å². The number of hydrogen-bond donors (Lipinski definition) is 0. The molecule has 0 aliphatic carbocycles. The number of fused-ring (bicyclic) bond motifs is 1. The number of benzene rings is 1. The number of hydrogen-bond acceptors (Lipinski definition) is 1. The molecule has 0 bridgehead atoms. The Morgan fingerprint density at radius 1 is 1.31 bits per heavy atom. The van der Waals surface area contributed by atoms with Crippen molar-refractivity contribution in [1.29, 1.82) is 0 Å². The highest BCUT2D eigenvalue weighted by Gasteiger charge is 2.07. The van der Waals surface area contributed by atoms with Crippen LogP contribution in [0.25, 0.3) is 10.8 Å². The molecule has 66 valence electrons. The number of rotatable bonds is 0. The van der Waals surface area contributed by atoms with Gasteiger partial charge in [-0.15, -0.1) is 0 Å². The lowest BCUT2D eigenvalue weighted by molar-refractivity contribution is 0.639. The van der Waals surface area contributed by atoms with Gasteiger partial charge in [-0.3, -0.25) is 4.98 Å². The highest BCUT2D eigenvalue weighted by atomic mass is 79.9. The van der Waals surface area contributed by atoms with E-state index in [1.807, 2.05) is 0 Å². The van der Waals surface area contributed by atoms with Crippen molar-refractivity contribution in [3.8, 4) is 0 Å². The zero-order valence-electron chi connectivity index (χ0n) is 6.39. The Kier molecular flexibility index (Phi) is 2.22. The minimum atomic E-state index is -0.298. The van der Waals surface area contributed by atoms with Crippen LogP contribution in [0, 0.1) is 5.82 Å². The van der Waals surface area contributed by atoms with Crippen LogP contribution in [0.2, 0.25) is 5.02 Å². The topological polar surface area (TPSA) is 12.9 Å². The average molecular weight is 260 g/mol. The first-order chi connectivity index (χ1) is 6.20. The molecule has 1 heterocycles. The van der Waals surface area contributed by atoms with Gasteiger partial charge in [0.05, 0.1) is 5.02 Å². The van der Waals surface area contributed by atoms with E-state index in [4.69, 9.17) is 11.6 Å². The lowest BCUT2D eigenvalue weighted by Crippen LogP contribution is -1.83. The van der Waals surface area contributed by atoms with E-state index < -0.39 is 0 Å². The summed E-state index contributed by atoms with van der Waals surface area (Å²) in [5.41, 5.74) is 0. The Bertz CT molecular complexity index is 464. The molecule has 13 heavy (non-hydrogen) atoms. The normalized spacial score (nSPS) is 10.7. The lowest BCUT2D eigenvalue weighted by atomic mass is 10.2. The van der Waals surface area contributed by atoms with Crippen LogP contribution < -0.4 is 0 Å². The zero-order valence-corrected chi connectivity index (χ0v) is 8.73. The van der Waals surface area contributed by atoms with E-state index in [-0.39, 0.29) is 5.82 Å². The smallest absolute Gasteiger partial charge is 0.132 e. The van der Waals surface area contributed by atoms with Gasteiger partial charge in [0.1, 0.15) is 5.82 Å². The SMILES string of the molecule is Fc1ccc(Cl)c2cncc(Br)c12. The monoisotopic (exact) mass is 259 g/mol. The molecule has 0 saturated heterocycles. The first kappa shape index (κ1) is 8.91. The van der Waals surface area contributed by atoms with Crippen LogP contribution in [0.5, 0.6) is 0 Å². The van der Waals surface area contributed by atoms with E-state index in [9.17, 15) is 4.39 Å². The molecule has 0 fully saturated rings. The Morgan fingerprint density at radius 3 is 2.77 bits per heavy atom. The molecule has 1 aromatic heterocycles. The maximum atomic E-state index is 13.3. The van der Waals surface area contributed by atoms with Crippen molar-refractivity contribution in [2.75, 3.05) is 0 Å². The van der Waals surface area contributed by atoms with Gasteiger partial charge in [-0.2, -0.15) is 0 Å². The lowest BCUT2D eigenvalue weighted by Gasteiger charge is -2.02. The first-order valence-corrected chi connectivity index (χ1v) is 4.74. The second-order valence-electron chi connectivity index (χ2n) is 2.57. The van der Waals surface area contributed by atoms with Gasteiger partial charge in [0.25, 0.3) is 0 Å². The Balaban J connectivity index is 3.00. The molecule has 0 saturated carbocycles. The number of aromatic nitrogens is 1. The van der Waals surface area contributed by atoms with E-state index >= 15 is 0 Å². The fourth-order valence-corrected chi connectivity index (χ4v) is 1.91. The van der Waals surface area contributed by atoms with Gasteiger partial charge >= 0.3 is 0 Å². The van der Waals surface area contributed by atoms with E-state index in [1.165, 1.54) is 12.1 Å². The summed E-state index contributed by atoms with van der Waals surface area (Å²) in [6, 6.07) is 2.86. The van der Waals surface area contributed by atoms with Crippen LogP contribution in [-0.2, 0) is 0 Å². The predicted octanol–water partition coefficient (Wildman–Crippen LogP) is 3.79. The predicted molar refractivity (Wildman–Crippen MR) is 54.4 cm³/mol. The molecule has 0 N–H and O–H groups in total. The second-order valence-corrected chi connectivity index (χ2v) is 3.83. The number of halogens is 3. The molecule has 1 nitrogen and oxygen atoms in total. The van der Waals surface area contributed by atoms with Crippen LogP contribution in [0.15, 0.2) is 29.0 Å². The molecule has 1 aromatic carbocycles. The second kappa shape index (κ2) is 3.24. The summed E-state index contributed by atoms with van der Waals surface area (Å²) in [6.45, 7) is 0. The van der Waals surface area contributed by atoms with Gasteiger partial charge in [0, 0.05) is 27.6 Å². The van der Waals surface area contributed by atoms with Crippen LogP contribution in [0.4, 0.5) is 4.39 Å². The Hall–Kier alpha value is -0.670. The molecule has 0 radical (unpaired) electrons. The van der Waals surface area contributed by atoms with Crippen LogP contribution in [-0.4, -0.2) is 4.98 Å². The highest BCUT2D eigenvalue weighted by Crippen LogP contribution is 2.30. The van der Waals surface area contributed by atoms with Crippen molar-refractivity contribution in [1.82, 2.24) is 4.98 Å². The van der Waals surface area contributed by atoms with Gasteiger partial charge in [-0.1, -0.05) is 11.6 Å². The minimum absolute atomic E-state index is 0.298. The summed E-state index contributed by atoms with van der Waals surface area (Å²) in [5, 5.41) is 1.60. The molecule has 0 unspecified atom stereocenters. The fraction of sp³-hybridized carbons (Fsp3) is 0. The quantitative estimate of drug-likeness (QED) is 0.702. The van der Waals surface area contributed by atoms with Crippen LogP contribution >= 0.6 is 27.5 Å². The fourth-order valence-electron chi connectivity index (χ4n) is 1.18. The van der Waals surface area contributed by atoms with Crippen molar-refractivity contribution in [2.45, 2.75) is 0 Å². The largest absolute Gasteiger partial charge is 0.263 e. The van der Waals surface area contributed by atoms with Crippen molar-refractivity contribution in [3.05, 3.63) is 39.8 Å². The molecule has 2 aromatic rings. The summed E-state index contributed by atoms with van der Waals surface area (Å²) in [6.07, 6.45) is 3.09. The first-order valence-electron chi connectivity index (χ1n) is 3.57. The molecule has 0 amide bonds. The third kappa shape index (κ3) is 1.42. The van der Waals surface area contributed by atoms with Gasteiger partial charge in [0.2, 0.25) is 0 Å². The zero-order chi connectivity index (χ0) is 9.42. The number of pyridine rings is 1. The van der Waals surface area contributed by atoms with E-state index in [2.05, 4.69) is 20.9 Å². The summed E-state index contributed by atoms with van der Waals surface area (Å²) in [5.74, 6) is -0.298. The standard InChI is InChI=1S/C9H4BrClFN/c10-6-4-13-3-5-7(11)1-2-8(12)9(5)6/h1-4H.